The number of nitrogens with zero attached hydrogens (tertiary/aromatic N) is 1. The van der Waals surface area contributed by atoms with Crippen LogP contribution >= 0.6 is 0 Å². The number of piperidine rings is 1. The first-order valence-electron chi connectivity index (χ1n) is 7.83. The molecule has 0 aliphatic carbocycles. The minimum atomic E-state index is -0.0271. The number of aromatic nitrogens is 1. The first-order valence-corrected chi connectivity index (χ1v) is 7.83. The van der Waals surface area contributed by atoms with E-state index in [1.807, 2.05) is 30.3 Å². The van der Waals surface area contributed by atoms with Crippen LogP contribution in [0.15, 0.2) is 35.1 Å². The summed E-state index contributed by atoms with van der Waals surface area (Å²) in [7, 11) is 0. The number of pyridine rings is 1. The summed E-state index contributed by atoms with van der Waals surface area (Å²) < 4.78 is 0. The molecule has 0 radical (unpaired) electrons. The summed E-state index contributed by atoms with van der Waals surface area (Å²) in [5.41, 5.74) is -0.0271. The zero-order valence-corrected chi connectivity index (χ0v) is 12.6. The van der Waals surface area contributed by atoms with Gasteiger partial charge in [0.1, 0.15) is 5.82 Å². The van der Waals surface area contributed by atoms with Crippen LogP contribution in [-0.4, -0.2) is 35.6 Å². The molecule has 1 aromatic heterocycles. The highest BCUT2D eigenvalue weighted by Crippen LogP contribution is 2.14. The molecule has 3 rings (SSSR count). The average Bonchev–Trinajstić information content (AvgIpc) is 2.48. The zero-order chi connectivity index (χ0) is 14.7. The van der Waals surface area contributed by atoms with Crippen molar-refractivity contribution in [3.05, 3.63) is 40.7 Å². The van der Waals surface area contributed by atoms with Crippen LogP contribution in [0, 0.1) is 0 Å². The Bertz CT molecular complexity index is 658. The van der Waals surface area contributed by atoms with Crippen LogP contribution in [0.5, 0.6) is 0 Å². The van der Waals surface area contributed by atoms with Crippen molar-refractivity contribution in [2.75, 3.05) is 25.0 Å². The van der Waals surface area contributed by atoms with Gasteiger partial charge in [0.15, 0.2) is 0 Å². The maximum atomic E-state index is 12.1. The van der Waals surface area contributed by atoms with Crippen molar-refractivity contribution in [1.82, 2.24) is 9.88 Å². The largest absolute Gasteiger partial charge is 0.368 e. The van der Waals surface area contributed by atoms with E-state index in [9.17, 15) is 4.79 Å². The molecule has 0 amide bonds. The Morgan fingerprint density at radius 3 is 2.81 bits per heavy atom. The second kappa shape index (κ2) is 6.31. The van der Waals surface area contributed by atoms with Crippen molar-refractivity contribution in [2.45, 2.75) is 32.2 Å². The summed E-state index contributed by atoms with van der Waals surface area (Å²) in [5.74, 6) is 0.809. The van der Waals surface area contributed by atoms with Crippen molar-refractivity contribution in [1.29, 1.82) is 0 Å². The number of H-pyrrole nitrogens is 1. The van der Waals surface area contributed by atoms with E-state index in [0.29, 0.717) is 6.04 Å². The molecule has 1 aliphatic rings. The van der Waals surface area contributed by atoms with Crippen molar-refractivity contribution in [3.63, 3.8) is 0 Å². The number of hydrogen-bond acceptors (Lipinski definition) is 3. The highest BCUT2D eigenvalue weighted by Gasteiger charge is 2.13. The van der Waals surface area contributed by atoms with Gasteiger partial charge >= 0.3 is 0 Å². The SMILES string of the molecule is CC(CN1CCCCC1)Nc1cc2ccccc2c(=O)[nH]1. The molecule has 0 saturated carbocycles. The quantitative estimate of drug-likeness (QED) is 0.908. The number of anilines is 1. The van der Waals surface area contributed by atoms with Gasteiger partial charge in [-0.15, -0.1) is 0 Å². The fourth-order valence-electron chi connectivity index (χ4n) is 3.13. The van der Waals surface area contributed by atoms with Crippen LogP contribution in [0.3, 0.4) is 0 Å². The third kappa shape index (κ3) is 3.45. The minimum absolute atomic E-state index is 0.0271. The normalized spacial score (nSPS) is 17.8. The molecule has 1 aromatic carbocycles. The highest BCUT2D eigenvalue weighted by atomic mass is 16.1. The smallest absolute Gasteiger partial charge is 0.257 e. The molecule has 2 aromatic rings. The Hall–Kier alpha value is -1.81. The van der Waals surface area contributed by atoms with E-state index in [0.717, 1.165) is 23.1 Å². The van der Waals surface area contributed by atoms with Gasteiger partial charge in [-0.1, -0.05) is 24.6 Å². The number of nitrogens with one attached hydrogen (secondary N) is 2. The summed E-state index contributed by atoms with van der Waals surface area (Å²) >= 11 is 0. The molecule has 1 atom stereocenters. The monoisotopic (exact) mass is 285 g/mol. The molecule has 0 bridgehead atoms. The summed E-state index contributed by atoms with van der Waals surface area (Å²) in [5, 5.41) is 5.15. The van der Waals surface area contributed by atoms with Gasteiger partial charge in [0.2, 0.25) is 0 Å². The topological polar surface area (TPSA) is 48.1 Å². The minimum Gasteiger partial charge on any atom is -0.368 e. The third-order valence-corrected chi connectivity index (χ3v) is 4.14. The van der Waals surface area contributed by atoms with E-state index in [2.05, 4.69) is 22.1 Å². The van der Waals surface area contributed by atoms with Gasteiger partial charge < -0.3 is 15.2 Å². The molecule has 2 heterocycles. The molecular weight excluding hydrogens is 262 g/mol. The predicted molar refractivity (Wildman–Crippen MR) is 87.9 cm³/mol. The molecular formula is C17H23N3O. The predicted octanol–water partition coefficient (Wildman–Crippen LogP) is 2.81. The van der Waals surface area contributed by atoms with E-state index in [-0.39, 0.29) is 5.56 Å². The number of fused-ring (bicyclic) bond motifs is 1. The van der Waals surface area contributed by atoms with E-state index in [1.54, 1.807) is 0 Å². The first-order chi connectivity index (χ1) is 10.2. The number of benzene rings is 1. The lowest BCUT2D eigenvalue weighted by Crippen LogP contribution is -2.38. The lowest BCUT2D eigenvalue weighted by molar-refractivity contribution is 0.223. The lowest BCUT2D eigenvalue weighted by Gasteiger charge is -2.29. The van der Waals surface area contributed by atoms with E-state index < -0.39 is 0 Å². The van der Waals surface area contributed by atoms with E-state index in [1.165, 1.54) is 32.4 Å². The van der Waals surface area contributed by atoms with E-state index >= 15 is 0 Å². The van der Waals surface area contributed by atoms with Crippen molar-refractivity contribution in [3.8, 4) is 0 Å². The van der Waals surface area contributed by atoms with Crippen molar-refractivity contribution >= 4 is 16.6 Å². The van der Waals surface area contributed by atoms with Crippen LogP contribution in [0.25, 0.3) is 10.8 Å². The van der Waals surface area contributed by atoms with Crippen LogP contribution in [-0.2, 0) is 0 Å². The maximum absolute atomic E-state index is 12.1. The van der Waals surface area contributed by atoms with Crippen LogP contribution < -0.4 is 10.9 Å². The van der Waals surface area contributed by atoms with Gasteiger partial charge in [0, 0.05) is 18.0 Å². The maximum Gasteiger partial charge on any atom is 0.257 e. The molecule has 4 heteroatoms. The third-order valence-electron chi connectivity index (χ3n) is 4.14. The van der Waals surface area contributed by atoms with Crippen LogP contribution in [0.2, 0.25) is 0 Å². The van der Waals surface area contributed by atoms with E-state index in [4.69, 9.17) is 0 Å². The summed E-state index contributed by atoms with van der Waals surface area (Å²) in [6.45, 7) is 5.58. The average molecular weight is 285 g/mol. The Morgan fingerprint density at radius 1 is 1.24 bits per heavy atom. The number of hydrogen-bond donors (Lipinski definition) is 2. The van der Waals surface area contributed by atoms with Crippen molar-refractivity contribution in [2.24, 2.45) is 0 Å². The second-order valence-corrected chi connectivity index (χ2v) is 6.01. The molecule has 1 saturated heterocycles. The Balaban J connectivity index is 1.70. The van der Waals surface area contributed by atoms with Gasteiger partial charge in [-0.05, 0) is 50.4 Å². The van der Waals surface area contributed by atoms with Crippen molar-refractivity contribution < 1.29 is 0 Å². The standard InChI is InChI=1S/C17H23N3O/c1-13(12-20-9-5-2-6-10-20)18-16-11-14-7-3-4-8-15(14)17(21)19-16/h3-4,7-8,11,13H,2,5-6,9-10,12H2,1H3,(H2,18,19,21). The Morgan fingerprint density at radius 2 is 2.00 bits per heavy atom. The highest BCUT2D eigenvalue weighted by molar-refractivity contribution is 5.83. The summed E-state index contributed by atoms with van der Waals surface area (Å²) in [6, 6.07) is 10.0. The van der Waals surface area contributed by atoms with Gasteiger partial charge in [-0.3, -0.25) is 4.79 Å². The molecule has 0 spiro atoms. The number of aromatic amines is 1. The van der Waals surface area contributed by atoms with Gasteiger partial charge in [0.25, 0.3) is 5.56 Å². The van der Waals surface area contributed by atoms with Crippen LogP contribution in [0.1, 0.15) is 26.2 Å². The molecule has 2 N–H and O–H groups in total. The summed E-state index contributed by atoms with van der Waals surface area (Å²) in [6.07, 6.45) is 3.97. The molecule has 1 fully saturated rings. The molecule has 1 aliphatic heterocycles. The number of likely N-dealkylation sites (tertiary alicyclic amines) is 1. The Kier molecular flexibility index (Phi) is 4.25. The first kappa shape index (κ1) is 14.1. The van der Waals surface area contributed by atoms with Gasteiger partial charge in [0.05, 0.1) is 0 Å². The van der Waals surface area contributed by atoms with Gasteiger partial charge in [-0.25, -0.2) is 0 Å². The Labute approximate surface area is 125 Å². The molecule has 1 unspecified atom stereocenters. The lowest BCUT2D eigenvalue weighted by atomic mass is 10.1. The zero-order valence-electron chi connectivity index (χ0n) is 12.6. The molecule has 4 nitrogen and oxygen atoms in total. The second-order valence-electron chi connectivity index (χ2n) is 6.01. The molecule has 21 heavy (non-hydrogen) atoms. The van der Waals surface area contributed by atoms with Crippen LogP contribution in [0.4, 0.5) is 5.82 Å². The van der Waals surface area contributed by atoms with Gasteiger partial charge in [-0.2, -0.15) is 0 Å². The summed E-state index contributed by atoms with van der Waals surface area (Å²) in [4.78, 5) is 17.5. The molecule has 112 valence electrons. The fourth-order valence-corrected chi connectivity index (χ4v) is 3.13. The fraction of sp³-hybridized carbons (Fsp3) is 0.471. The number of rotatable bonds is 4.